The lowest BCUT2D eigenvalue weighted by molar-refractivity contribution is -0.130. The molecular formula is C22H28N2O4S. The van der Waals surface area contributed by atoms with E-state index in [1.807, 2.05) is 17.2 Å². The highest BCUT2D eigenvalue weighted by atomic mass is 32.1. The van der Waals surface area contributed by atoms with Crippen LogP contribution < -0.4 is 14.8 Å². The highest BCUT2D eigenvalue weighted by molar-refractivity contribution is 7.07. The molecule has 6 nitrogen and oxygen atoms in total. The minimum Gasteiger partial charge on any atom is -0.497 e. The Bertz CT molecular complexity index is 829. The fourth-order valence-corrected chi connectivity index (χ4v) is 4.18. The van der Waals surface area contributed by atoms with E-state index in [2.05, 4.69) is 16.8 Å². The van der Waals surface area contributed by atoms with Gasteiger partial charge in [-0.25, -0.2) is 0 Å². The summed E-state index contributed by atoms with van der Waals surface area (Å²) in [7, 11) is 1.58. The van der Waals surface area contributed by atoms with Crippen LogP contribution in [0.5, 0.6) is 11.5 Å². The number of amides is 2. The Balaban J connectivity index is 1.68. The standard InChI is InChI=1S/C22H28N2O4S/c1-15(12-17-8-11-29-14-17)23-22(26)20-13-19(27-3)4-5-21(20)28-18-6-9-24(10-7-18)16(2)25/h4-5,8,11,13-15,18H,6-7,9-10,12H2,1-3H3,(H,23,26). The summed E-state index contributed by atoms with van der Waals surface area (Å²) in [6, 6.07) is 7.36. The van der Waals surface area contributed by atoms with Gasteiger partial charge in [-0.05, 0) is 53.9 Å². The van der Waals surface area contributed by atoms with Crippen LogP contribution in [-0.4, -0.2) is 49.1 Å². The van der Waals surface area contributed by atoms with Gasteiger partial charge in [-0.2, -0.15) is 11.3 Å². The molecule has 0 radical (unpaired) electrons. The van der Waals surface area contributed by atoms with Gasteiger partial charge in [-0.1, -0.05) is 0 Å². The molecule has 29 heavy (non-hydrogen) atoms. The van der Waals surface area contributed by atoms with Crippen molar-refractivity contribution >= 4 is 23.2 Å². The van der Waals surface area contributed by atoms with Crippen LogP contribution in [0.3, 0.4) is 0 Å². The summed E-state index contributed by atoms with van der Waals surface area (Å²) >= 11 is 1.65. The quantitative estimate of drug-likeness (QED) is 0.750. The fourth-order valence-electron chi connectivity index (χ4n) is 3.50. The number of methoxy groups -OCH3 is 1. The van der Waals surface area contributed by atoms with E-state index in [-0.39, 0.29) is 24.0 Å². The minimum absolute atomic E-state index is 0.00467. The maximum Gasteiger partial charge on any atom is 0.255 e. The predicted molar refractivity (Wildman–Crippen MR) is 114 cm³/mol. The molecule has 0 aliphatic carbocycles. The monoisotopic (exact) mass is 416 g/mol. The lowest BCUT2D eigenvalue weighted by atomic mass is 10.1. The fraction of sp³-hybridized carbons (Fsp3) is 0.455. The number of benzene rings is 1. The Morgan fingerprint density at radius 1 is 1.28 bits per heavy atom. The van der Waals surface area contributed by atoms with E-state index in [1.165, 1.54) is 5.56 Å². The van der Waals surface area contributed by atoms with Crippen LogP contribution in [0.2, 0.25) is 0 Å². The molecular weight excluding hydrogens is 388 g/mol. The molecule has 2 heterocycles. The molecule has 156 valence electrons. The molecule has 7 heteroatoms. The van der Waals surface area contributed by atoms with Gasteiger partial charge in [0.05, 0.1) is 12.7 Å². The van der Waals surface area contributed by atoms with Crippen molar-refractivity contribution in [3.05, 3.63) is 46.2 Å². The topological polar surface area (TPSA) is 67.9 Å². The molecule has 3 rings (SSSR count). The molecule has 1 saturated heterocycles. The second-order valence-electron chi connectivity index (χ2n) is 7.40. The molecule has 1 aromatic carbocycles. The molecule has 1 aliphatic rings. The SMILES string of the molecule is COc1ccc(OC2CCN(C(C)=O)CC2)c(C(=O)NC(C)Cc2ccsc2)c1. The van der Waals surface area contributed by atoms with Gasteiger partial charge in [-0.3, -0.25) is 9.59 Å². The van der Waals surface area contributed by atoms with Crippen LogP contribution in [-0.2, 0) is 11.2 Å². The first kappa shape index (κ1) is 21.2. The highest BCUT2D eigenvalue weighted by Crippen LogP contribution is 2.27. The van der Waals surface area contributed by atoms with Gasteiger partial charge in [0, 0.05) is 38.9 Å². The number of nitrogens with one attached hydrogen (secondary N) is 1. The number of nitrogens with zero attached hydrogens (tertiary/aromatic N) is 1. The summed E-state index contributed by atoms with van der Waals surface area (Å²) in [4.78, 5) is 26.3. The van der Waals surface area contributed by atoms with Crippen molar-refractivity contribution in [1.29, 1.82) is 0 Å². The normalized spacial score (nSPS) is 15.6. The first-order valence-corrected chi connectivity index (χ1v) is 10.8. The van der Waals surface area contributed by atoms with Crippen molar-refractivity contribution in [3.8, 4) is 11.5 Å². The summed E-state index contributed by atoms with van der Waals surface area (Å²) in [5.41, 5.74) is 1.68. The highest BCUT2D eigenvalue weighted by Gasteiger charge is 2.24. The van der Waals surface area contributed by atoms with Crippen LogP contribution in [0.4, 0.5) is 0 Å². The third kappa shape index (κ3) is 5.73. The summed E-state index contributed by atoms with van der Waals surface area (Å²) in [5.74, 6) is 1.07. The molecule has 1 unspecified atom stereocenters. The van der Waals surface area contributed by atoms with Gasteiger partial charge in [0.2, 0.25) is 5.91 Å². The molecule has 1 N–H and O–H groups in total. The van der Waals surface area contributed by atoms with Crippen LogP contribution >= 0.6 is 11.3 Å². The zero-order valence-corrected chi connectivity index (χ0v) is 18.0. The average Bonchev–Trinajstić information content (AvgIpc) is 3.21. The maximum absolute atomic E-state index is 13.0. The summed E-state index contributed by atoms with van der Waals surface area (Å²) < 4.78 is 11.5. The third-order valence-electron chi connectivity index (χ3n) is 5.11. The number of hydrogen-bond donors (Lipinski definition) is 1. The number of likely N-dealkylation sites (tertiary alicyclic amines) is 1. The number of thiophene rings is 1. The first-order valence-electron chi connectivity index (χ1n) is 9.88. The van der Waals surface area contributed by atoms with Gasteiger partial charge in [-0.15, -0.1) is 0 Å². The lowest BCUT2D eigenvalue weighted by Gasteiger charge is -2.32. The third-order valence-corrected chi connectivity index (χ3v) is 5.84. The van der Waals surface area contributed by atoms with Crippen molar-refractivity contribution in [2.45, 2.75) is 45.3 Å². The van der Waals surface area contributed by atoms with E-state index in [1.54, 1.807) is 43.6 Å². The van der Waals surface area contributed by atoms with Crippen molar-refractivity contribution < 1.29 is 19.1 Å². The summed E-state index contributed by atoms with van der Waals surface area (Å²) in [6.07, 6.45) is 2.26. The van der Waals surface area contributed by atoms with Gasteiger partial charge in [0.15, 0.2) is 0 Å². The smallest absolute Gasteiger partial charge is 0.255 e. The zero-order valence-electron chi connectivity index (χ0n) is 17.1. The predicted octanol–water partition coefficient (Wildman–Crippen LogP) is 3.51. The van der Waals surface area contributed by atoms with E-state index < -0.39 is 0 Å². The second-order valence-corrected chi connectivity index (χ2v) is 8.18. The second kappa shape index (κ2) is 9.78. The Morgan fingerprint density at radius 3 is 2.66 bits per heavy atom. The molecule has 2 amide bonds. The van der Waals surface area contributed by atoms with Crippen LogP contribution in [0.15, 0.2) is 35.0 Å². The van der Waals surface area contributed by atoms with Crippen LogP contribution in [0, 0.1) is 0 Å². The Morgan fingerprint density at radius 2 is 2.03 bits per heavy atom. The number of rotatable bonds is 7. The van der Waals surface area contributed by atoms with Crippen molar-refractivity contribution in [2.75, 3.05) is 20.2 Å². The van der Waals surface area contributed by atoms with Crippen molar-refractivity contribution in [2.24, 2.45) is 0 Å². The van der Waals surface area contributed by atoms with Crippen LogP contribution in [0.25, 0.3) is 0 Å². The molecule has 0 bridgehead atoms. The summed E-state index contributed by atoms with van der Waals surface area (Å²) in [6.45, 7) is 4.93. The first-order chi connectivity index (χ1) is 14.0. The van der Waals surface area contributed by atoms with Gasteiger partial charge in [0.1, 0.15) is 17.6 Å². The van der Waals surface area contributed by atoms with E-state index in [9.17, 15) is 9.59 Å². The van der Waals surface area contributed by atoms with E-state index >= 15 is 0 Å². The van der Waals surface area contributed by atoms with Crippen molar-refractivity contribution in [3.63, 3.8) is 0 Å². The average molecular weight is 417 g/mol. The number of carbonyl (C=O) groups is 2. The van der Waals surface area contributed by atoms with Crippen molar-refractivity contribution in [1.82, 2.24) is 10.2 Å². The minimum atomic E-state index is -0.178. The molecule has 0 saturated carbocycles. The van der Waals surface area contributed by atoms with E-state index in [0.717, 1.165) is 19.3 Å². The number of ether oxygens (including phenoxy) is 2. The number of piperidine rings is 1. The Labute approximate surface area is 175 Å². The summed E-state index contributed by atoms with van der Waals surface area (Å²) in [5, 5.41) is 7.19. The molecule has 1 atom stereocenters. The number of carbonyl (C=O) groups excluding carboxylic acids is 2. The maximum atomic E-state index is 13.0. The van der Waals surface area contributed by atoms with Crippen LogP contribution in [0.1, 0.15) is 42.6 Å². The van der Waals surface area contributed by atoms with E-state index in [4.69, 9.17) is 9.47 Å². The zero-order chi connectivity index (χ0) is 20.8. The lowest BCUT2D eigenvalue weighted by Crippen LogP contribution is -2.41. The molecule has 0 spiro atoms. The molecule has 1 aliphatic heterocycles. The van der Waals surface area contributed by atoms with E-state index in [0.29, 0.717) is 30.2 Å². The largest absolute Gasteiger partial charge is 0.497 e. The number of hydrogen-bond acceptors (Lipinski definition) is 5. The molecule has 2 aromatic rings. The molecule has 1 fully saturated rings. The van der Waals surface area contributed by atoms with Gasteiger partial charge in [0.25, 0.3) is 5.91 Å². The Hall–Kier alpha value is -2.54. The van der Waals surface area contributed by atoms with Gasteiger partial charge < -0.3 is 19.7 Å². The Kier molecular flexibility index (Phi) is 7.14. The molecule has 1 aromatic heterocycles. The van der Waals surface area contributed by atoms with Gasteiger partial charge >= 0.3 is 0 Å².